The number of nitrogens with one attached hydrogen (secondary N) is 3. The number of H-pyrrole nitrogens is 1. The van der Waals surface area contributed by atoms with Crippen molar-refractivity contribution in [3.63, 3.8) is 0 Å². The maximum Gasteiger partial charge on any atom is 0.296 e. The van der Waals surface area contributed by atoms with Crippen LogP contribution in [0.1, 0.15) is 10.5 Å². The van der Waals surface area contributed by atoms with Crippen LogP contribution in [0, 0.1) is 0 Å². The van der Waals surface area contributed by atoms with Gasteiger partial charge in [-0.15, -0.1) is 0 Å². The van der Waals surface area contributed by atoms with Crippen molar-refractivity contribution in [1.29, 1.82) is 0 Å². The number of hydrogen-bond acceptors (Lipinski definition) is 3. The number of aromatic amines is 1. The molecule has 0 saturated carbocycles. The van der Waals surface area contributed by atoms with Crippen molar-refractivity contribution in [3.05, 3.63) is 46.7 Å². The van der Waals surface area contributed by atoms with Gasteiger partial charge in [0.1, 0.15) is 5.69 Å². The fourth-order valence-corrected chi connectivity index (χ4v) is 2.32. The van der Waals surface area contributed by atoms with E-state index < -0.39 is 10.2 Å². The number of anilines is 2. The van der Waals surface area contributed by atoms with Gasteiger partial charge in [-0.2, -0.15) is 8.42 Å². The quantitative estimate of drug-likeness (QED) is 0.665. The van der Waals surface area contributed by atoms with Crippen molar-refractivity contribution < 1.29 is 13.2 Å². The van der Waals surface area contributed by atoms with Crippen LogP contribution < -0.4 is 15.2 Å². The molecule has 0 aliphatic rings. The van der Waals surface area contributed by atoms with E-state index in [0.717, 1.165) is 4.47 Å². The molecule has 0 spiro atoms. The van der Waals surface area contributed by atoms with E-state index in [1.807, 2.05) is 0 Å². The highest BCUT2D eigenvalue weighted by Crippen LogP contribution is 2.17. The summed E-state index contributed by atoms with van der Waals surface area (Å²) in [6.07, 6.45) is 1.63. The molecule has 0 atom stereocenters. The Bertz CT molecular complexity index is 742. The Hall–Kier alpha value is -1.84. The normalized spacial score (nSPS) is 11.1. The lowest BCUT2D eigenvalue weighted by Crippen LogP contribution is -2.21. The van der Waals surface area contributed by atoms with E-state index >= 15 is 0 Å². The van der Waals surface area contributed by atoms with Gasteiger partial charge in [0.05, 0.1) is 5.69 Å². The predicted molar refractivity (Wildman–Crippen MR) is 79.6 cm³/mol. The number of amides is 1. The second kappa shape index (κ2) is 5.65. The molecule has 9 heteroatoms. The smallest absolute Gasteiger partial charge is 0.296 e. The van der Waals surface area contributed by atoms with E-state index in [1.165, 1.54) is 12.1 Å². The number of carbonyl (C=O) groups excluding carboxylic acids is 1. The van der Waals surface area contributed by atoms with Gasteiger partial charge in [-0.3, -0.25) is 9.52 Å². The van der Waals surface area contributed by atoms with Crippen LogP contribution in [-0.2, 0) is 10.2 Å². The first-order valence-electron chi connectivity index (χ1n) is 5.39. The average Bonchev–Trinajstić information content (AvgIpc) is 2.74. The van der Waals surface area contributed by atoms with Gasteiger partial charge in [-0.1, -0.05) is 6.07 Å². The van der Waals surface area contributed by atoms with Gasteiger partial charge in [0.25, 0.3) is 16.1 Å². The van der Waals surface area contributed by atoms with E-state index in [0.29, 0.717) is 11.4 Å². The van der Waals surface area contributed by atoms with Crippen LogP contribution in [0.15, 0.2) is 41.0 Å². The van der Waals surface area contributed by atoms with Crippen LogP contribution in [0.25, 0.3) is 0 Å². The molecule has 1 heterocycles. The summed E-state index contributed by atoms with van der Waals surface area (Å²) in [7, 11) is -3.85. The molecule has 0 aliphatic carbocycles. The summed E-state index contributed by atoms with van der Waals surface area (Å²) in [5.74, 6) is -0.344. The minimum atomic E-state index is -3.85. The minimum absolute atomic E-state index is 0.262. The SMILES string of the molecule is NS(=O)(=O)Nc1cccc(NC(=O)c2cc(Br)c[nH]2)c1. The first kappa shape index (κ1) is 14.6. The summed E-state index contributed by atoms with van der Waals surface area (Å²) in [6.45, 7) is 0. The molecular formula is C11H11BrN4O3S. The topological polar surface area (TPSA) is 117 Å². The zero-order chi connectivity index (χ0) is 14.8. The van der Waals surface area contributed by atoms with Gasteiger partial charge in [0, 0.05) is 16.4 Å². The van der Waals surface area contributed by atoms with Crippen LogP contribution in [-0.4, -0.2) is 19.3 Å². The Morgan fingerprint density at radius 2 is 1.95 bits per heavy atom. The Labute approximate surface area is 123 Å². The number of rotatable bonds is 4. The largest absolute Gasteiger partial charge is 0.356 e. The van der Waals surface area contributed by atoms with Crippen molar-refractivity contribution >= 4 is 43.4 Å². The molecule has 106 valence electrons. The molecule has 5 N–H and O–H groups in total. The van der Waals surface area contributed by atoms with Crippen molar-refractivity contribution in [3.8, 4) is 0 Å². The molecule has 1 amide bonds. The molecule has 2 rings (SSSR count). The van der Waals surface area contributed by atoms with Gasteiger partial charge in [0.2, 0.25) is 0 Å². The maximum absolute atomic E-state index is 11.9. The van der Waals surface area contributed by atoms with Crippen LogP contribution in [0.5, 0.6) is 0 Å². The monoisotopic (exact) mass is 358 g/mol. The molecular weight excluding hydrogens is 348 g/mol. The molecule has 0 aliphatic heterocycles. The zero-order valence-electron chi connectivity index (χ0n) is 10.1. The number of aromatic nitrogens is 1. The Balaban J connectivity index is 2.14. The van der Waals surface area contributed by atoms with Gasteiger partial charge >= 0.3 is 0 Å². The lowest BCUT2D eigenvalue weighted by atomic mass is 10.2. The number of carbonyl (C=O) groups is 1. The van der Waals surface area contributed by atoms with Crippen molar-refractivity contribution in [2.75, 3.05) is 10.0 Å². The molecule has 1 aromatic carbocycles. The van der Waals surface area contributed by atoms with Crippen molar-refractivity contribution in [1.82, 2.24) is 4.98 Å². The van der Waals surface area contributed by atoms with E-state index in [1.54, 1.807) is 24.4 Å². The first-order chi connectivity index (χ1) is 9.33. The molecule has 0 bridgehead atoms. The molecule has 7 nitrogen and oxygen atoms in total. The van der Waals surface area contributed by atoms with Crippen molar-refractivity contribution in [2.45, 2.75) is 0 Å². The molecule has 1 aromatic heterocycles. The maximum atomic E-state index is 11.9. The summed E-state index contributed by atoms with van der Waals surface area (Å²) >= 11 is 3.23. The lowest BCUT2D eigenvalue weighted by Gasteiger charge is -2.07. The molecule has 0 radical (unpaired) electrons. The number of nitrogens with two attached hydrogens (primary N) is 1. The van der Waals surface area contributed by atoms with Crippen LogP contribution in [0.2, 0.25) is 0 Å². The van der Waals surface area contributed by atoms with E-state index in [9.17, 15) is 13.2 Å². The number of hydrogen-bond donors (Lipinski definition) is 4. The van der Waals surface area contributed by atoms with Gasteiger partial charge < -0.3 is 10.3 Å². The van der Waals surface area contributed by atoms with Crippen LogP contribution >= 0.6 is 15.9 Å². The molecule has 0 fully saturated rings. The Morgan fingerprint density at radius 3 is 2.55 bits per heavy atom. The summed E-state index contributed by atoms with van der Waals surface area (Å²) in [6, 6.07) is 7.82. The predicted octanol–water partition coefficient (Wildman–Crippen LogP) is 1.64. The average molecular weight is 359 g/mol. The standard InChI is InChI=1S/C11H11BrN4O3S/c12-7-4-10(14-6-7)11(17)15-8-2-1-3-9(5-8)16-20(13,18)19/h1-6,14,16H,(H,15,17)(H2,13,18,19). The minimum Gasteiger partial charge on any atom is -0.356 e. The summed E-state index contributed by atoms with van der Waals surface area (Å²) in [5, 5.41) is 7.51. The van der Waals surface area contributed by atoms with Gasteiger partial charge in [-0.25, -0.2) is 5.14 Å². The third kappa shape index (κ3) is 4.08. The van der Waals surface area contributed by atoms with Crippen LogP contribution in [0.4, 0.5) is 11.4 Å². The highest BCUT2D eigenvalue weighted by atomic mass is 79.9. The van der Waals surface area contributed by atoms with Crippen LogP contribution in [0.3, 0.4) is 0 Å². The highest BCUT2D eigenvalue weighted by molar-refractivity contribution is 9.10. The number of halogens is 1. The third-order valence-corrected chi connectivity index (χ3v) is 3.25. The van der Waals surface area contributed by atoms with Crippen molar-refractivity contribution in [2.24, 2.45) is 5.14 Å². The number of benzene rings is 1. The lowest BCUT2D eigenvalue weighted by molar-refractivity contribution is 0.102. The molecule has 0 unspecified atom stereocenters. The second-order valence-corrected chi connectivity index (χ2v) is 6.12. The van der Waals surface area contributed by atoms with E-state index in [2.05, 4.69) is 31.0 Å². The third-order valence-electron chi connectivity index (χ3n) is 2.27. The molecule has 20 heavy (non-hydrogen) atoms. The first-order valence-corrected chi connectivity index (χ1v) is 7.73. The summed E-state index contributed by atoms with van der Waals surface area (Å²) in [4.78, 5) is 14.7. The zero-order valence-corrected chi connectivity index (χ0v) is 12.5. The highest BCUT2D eigenvalue weighted by Gasteiger charge is 2.09. The fraction of sp³-hybridized carbons (Fsp3) is 0. The second-order valence-electron chi connectivity index (χ2n) is 3.91. The fourth-order valence-electron chi connectivity index (χ4n) is 1.52. The summed E-state index contributed by atoms with van der Waals surface area (Å²) < 4.78 is 24.7. The Morgan fingerprint density at radius 1 is 1.25 bits per heavy atom. The Kier molecular flexibility index (Phi) is 4.12. The molecule has 0 saturated heterocycles. The molecule has 2 aromatic rings. The van der Waals surface area contributed by atoms with Gasteiger partial charge in [0.15, 0.2) is 0 Å². The van der Waals surface area contributed by atoms with E-state index in [4.69, 9.17) is 5.14 Å². The van der Waals surface area contributed by atoms with E-state index in [-0.39, 0.29) is 11.6 Å². The summed E-state index contributed by atoms with van der Waals surface area (Å²) in [5.41, 5.74) is 1.08. The van der Waals surface area contributed by atoms with Gasteiger partial charge in [-0.05, 0) is 40.2 Å².